The Morgan fingerprint density at radius 2 is 1.94 bits per heavy atom. The highest BCUT2D eigenvalue weighted by atomic mass is 35.5. The van der Waals surface area contributed by atoms with Crippen molar-refractivity contribution >= 4 is 23.5 Å². The van der Waals surface area contributed by atoms with Crippen LogP contribution in [-0.2, 0) is 13.1 Å². The van der Waals surface area contributed by atoms with Crippen molar-refractivity contribution in [3.8, 4) is 17.2 Å². The van der Waals surface area contributed by atoms with Gasteiger partial charge in [0, 0.05) is 18.1 Å². The van der Waals surface area contributed by atoms with Gasteiger partial charge in [0.05, 0.1) is 17.7 Å². The number of fused-ring (bicyclic) bond motifs is 3. The molecule has 0 atom stereocenters. The number of carbonyl (C=O) groups excluding carboxylic acids is 1. The SMILES string of the molecule is CCOc1ccc(/C=C2\Oc3c4c(cc(C)c3C2=O)OCN(Cc2ccccc2Cl)C4)cc1. The smallest absolute Gasteiger partial charge is 0.232 e. The number of halogens is 1. The highest BCUT2D eigenvalue weighted by Crippen LogP contribution is 2.44. The number of carbonyl (C=O) groups is 1. The van der Waals surface area contributed by atoms with Crippen LogP contribution in [-0.4, -0.2) is 24.0 Å². The molecule has 0 saturated heterocycles. The van der Waals surface area contributed by atoms with Gasteiger partial charge in [0.1, 0.15) is 24.0 Å². The average Bonchev–Trinajstić information content (AvgIpc) is 3.14. The zero-order chi connectivity index (χ0) is 22.9. The molecule has 0 spiro atoms. The molecule has 3 aromatic carbocycles. The van der Waals surface area contributed by atoms with Crippen molar-refractivity contribution in [3.63, 3.8) is 0 Å². The zero-order valence-electron chi connectivity index (χ0n) is 18.6. The highest BCUT2D eigenvalue weighted by Gasteiger charge is 2.35. The molecular formula is C27H24ClNO4. The minimum Gasteiger partial charge on any atom is -0.494 e. The number of ketones is 1. The second-order valence-electron chi connectivity index (χ2n) is 8.17. The van der Waals surface area contributed by atoms with Gasteiger partial charge in [0.2, 0.25) is 5.78 Å². The monoisotopic (exact) mass is 461 g/mol. The number of hydrogen-bond donors (Lipinski definition) is 0. The normalized spacial score (nSPS) is 16.2. The number of Topliss-reactive ketones (excluding diaryl/α,β-unsaturated/α-hetero) is 1. The summed E-state index contributed by atoms with van der Waals surface area (Å²) in [4.78, 5) is 15.3. The minimum absolute atomic E-state index is 0.109. The molecule has 3 aromatic rings. The molecule has 5 nitrogen and oxygen atoms in total. The molecule has 0 aromatic heterocycles. The molecule has 5 rings (SSSR count). The van der Waals surface area contributed by atoms with Crippen molar-refractivity contribution in [3.05, 3.63) is 93.2 Å². The van der Waals surface area contributed by atoms with E-state index in [0.717, 1.165) is 38.8 Å². The third-order valence-corrected chi connectivity index (χ3v) is 6.20. The zero-order valence-corrected chi connectivity index (χ0v) is 19.3. The number of nitrogens with zero attached hydrogens (tertiary/aromatic N) is 1. The van der Waals surface area contributed by atoms with Crippen LogP contribution in [0.4, 0.5) is 0 Å². The first-order valence-electron chi connectivity index (χ1n) is 11.0. The number of rotatable bonds is 5. The molecule has 0 aliphatic carbocycles. The Hall–Kier alpha value is -3.28. The van der Waals surface area contributed by atoms with Gasteiger partial charge in [-0.3, -0.25) is 9.69 Å². The molecular weight excluding hydrogens is 438 g/mol. The third kappa shape index (κ3) is 4.22. The predicted molar refractivity (Wildman–Crippen MR) is 128 cm³/mol. The number of ether oxygens (including phenoxy) is 3. The van der Waals surface area contributed by atoms with Crippen LogP contribution < -0.4 is 14.2 Å². The summed E-state index contributed by atoms with van der Waals surface area (Å²) in [6.45, 7) is 6.16. The van der Waals surface area contributed by atoms with E-state index in [4.69, 9.17) is 25.8 Å². The summed E-state index contributed by atoms with van der Waals surface area (Å²) in [5, 5.41) is 0.726. The second-order valence-corrected chi connectivity index (χ2v) is 8.58. The second kappa shape index (κ2) is 8.93. The van der Waals surface area contributed by atoms with Crippen LogP contribution in [0.1, 0.15) is 39.5 Å². The molecule has 2 aliphatic rings. The van der Waals surface area contributed by atoms with Gasteiger partial charge >= 0.3 is 0 Å². The van der Waals surface area contributed by atoms with Crippen molar-refractivity contribution in [2.45, 2.75) is 26.9 Å². The van der Waals surface area contributed by atoms with Gasteiger partial charge in [-0.2, -0.15) is 0 Å². The summed E-state index contributed by atoms with van der Waals surface area (Å²) < 4.78 is 17.7. The minimum atomic E-state index is -0.109. The Bertz CT molecular complexity index is 1250. The van der Waals surface area contributed by atoms with E-state index in [1.807, 2.05) is 68.4 Å². The standard InChI is InChI=1S/C27H24ClNO4/c1-3-31-20-10-8-18(9-11-20)13-24-26(30)25-17(2)12-23-21(27(25)33-24)15-29(16-32-23)14-19-6-4-5-7-22(19)28/h4-13H,3,14-16H2,1-2H3/b24-13-. The molecule has 0 radical (unpaired) electrons. The first kappa shape index (κ1) is 21.6. The van der Waals surface area contributed by atoms with Crippen LogP contribution in [0.2, 0.25) is 5.02 Å². The molecule has 0 fully saturated rings. The summed E-state index contributed by atoms with van der Waals surface area (Å²) in [6.07, 6.45) is 1.77. The van der Waals surface area contributed by atoms with Crippen LogP contribution >= 0.6 is 11.6 Å². The third-order valence-electron chi connectivity index (χ3n) is 5.83. The van der Waals surface area contributed by atoms with E-state index in [-0.39, 0.29) is 5.78 Å². The quantitative estimate of drug-likeness (QED) is 0.435. The number of benzene rings is 3. The van der Waals surface area contributed by atoms with E-state index in [1.54, 1.807) is 6.08 Å². The number of allylic oxidation sites excluding steroid dienone is 1. The Balaban J connectivity index is 1.43. The number of aryl methyl sites for hydroxylation is 1. The summed E-state index contributed by atoms with van der Waals surface area (Å²) in [6, 6.07) is 17.3. The summed E-state index contributed by atoms with van der Waals surface area (Å²) in [5.41, 5.74) is 4.25. The molecule has 0 N–H and O–H groups in total. The first-order valence-corrected chi connectivity index (χ1v) is 11.3. The summed E-state index contributed by atoms with van der Waals surface area (Å²) in [5.74, 6) is 2.35. The Labute approximate surface area is 198 Å². The fraction of sp³-hybridized carbons (Fsp3) is 0.222. The fourth-order valence-electron chi connectivity index (χ4n) is 4.22. The highest BCUT2D eigenvalue weighted by molar-refractivity contribution is 6.31. The molecule has 0 saturated carbocycles. The van der Waals surface area contributed by atoms with Gasteiger partial charge in [-0.1, -0.05) is 41.9 Å². The lowest BCUT2D eigenvalue weighted by Gasteiger charge is -2.30. The molecule has 6 heteroatoms. The molecule has 168 valence electrons. The average molecular weight is 462 g/mol. The van der Waals surface area contributed by atoms with E-state index in [0.29, 0.717) is 43.5 Å². The van der Waals surface area contributed by atoms with Crippen molar-refractivity contribution in [2.75, 3.05) is 13.3 Å². The van der Waals surface area contributed by atoms with Crippen LogP contribution in [0, 0.1) is 6.92 Å². The molecule has 2 aliphatic heterocycles. The maximum Gasteiger partial charge on any atom is 0.232 e. The topological polar surface area (TPSA) is 48.0 Å². The molecule has 33 heavy (non-hydrogen) atoms. The lowest BCUT2D eigenvalue weighted by atomic mass is 9.98. The van der Waals surface area contributed by atoms with E-state index in [2.05, 4.69) is 4.90 Å². The molecule has 0 unspecified atom stereocenters. The maximum atomic E-state index is 13.2. The van der Waals surface area contributed by atoms with Crippen molar-refractivity contribution < 1.29 is 19.0 Å². The predicted octanol–water partition coefficient (Wildman–Crippen LogP) is 6.02. The molecule has 0 bridgehead atoms. The van der Waals surface area contributed by atoms with Crippen LogP contribution in [0.5, 0.6) is 17.2 Å². The van der Waals surface area contributed by atoms with E-state index < -0.39 is 0 Å². The van der Waals surface area contributed by atoms with Crippen LogP contribution in [0.15, 0.2) is 60.4 Å². The molecule has 0 amide bonds. The van der Waals surface area contributed by atoms with Crippen LogP contribution in [0.3, 0.4) is 0 Å². The number of hydrogen-bond acceptors (Lipinski definition) is 5. The fourth-order valence-corrected chi connectivity index (χ4v) is 4.42. The molecule has 2 heterocycles. The maximum absolute atomic E-state index is 13.2. The van der Waals surface area contributed by atoms with Crippen molar-refractivity contribution in [1.29, 1.82) is 0 Å². The van der Waals surface area contributed by atoms with Gasteiger partial charge in [-0.25, -0.2) is 0 Å². The first-order chi connectivity index (χ1) is 16.0. The van der Waals surface area contributed by atoms with Crippen LogP contribution in [0.25, 0.3) is 6.08 Å². The lowest BCUT2D eigenvalue weighted by Crippen LogP contribution is -2.32. The van der Waals surface area contributed by atoms with E-state index >= 15 is 0 Å². The summed E-state index contributed by atoms with van der Waals surface area (Å²) in [7, 11) is 0. The van der Waals surface area contributed by atoms with Gasteiger partial charge in [-0.05, 0) is 60.9 Å². The van der Waals surface area contributed by atoms with Crippen molar-refractivity contribution in [2.24, 2.45) is 0 Å². The largest absolute Gasteiger partial charge is 0.494 e. The van der Waals surface area contributed by atoms with E-state index in [9.17, 15) is 4.79 Å². The summed E-state index contributed by atoms with van der Waals surface area (Å²) >= 11 is 6.35. The Morgan fingerprint density at radius 1 is 1.15 bits per heavy atom. The Morgan fingerprint density at radius 3 is 2.70 bits per heavy atom. The Kier molecular flexibility index (Phi) is 5.83. The lowest BCUT2D eigenvalue weighted by molar-refractivity contribution is 0.0872. The van der Waals surface area contributed by atoms with Gasteiger partial charge in [0.15, 0.2) is 5.76 Å². The van der Waals surface area contributed by atoms with Crippen molar-refractivity contribution in [1.82, 2.24) is 4.90 Å². The van der Waals surface area contributed by atoms with Gasteiger partial charge < -0.3 is 14.2 Å². The van der Waals surface area contributed by atoms with Gasteiger partial charge in [0.25, 0.3) is 0 Å². The van der Waals surface area contributed by atoms with Gasteiger partial charge in [-0.15, -0.1) is 0 Å². The van der Waals surface area contributed by atoms with E-state index in [1.165, 1.54) is 0 Å².